The van der Waals surface area contributed by atoms with Crippen molar-refractivity contribution in [2.45, 2.75) is 58.4 Å². The lowest BCUT2D eigenvalue weighted by Crippen LogP contribution is -2.38. The first kappa shape index (κ1) is 14.0. The lowest BCUT2D eigenvalue weighted by Gasteiger charge is -2.29. The highest BCUT2D eigenvalue weighted by molar-refractivity contribution is 5.77. The van der Waals surface area contributed by atoms with Crippen LogP contribution in [0, 0.1) is 5.92 Å². The van der Waals surface area contributed by atoms with Gasteiger partial charge in [-0.2, -0.15) is 0 Å². The second kappa shape index (κ2) is 6.62. The fourth-order valence-electron chi connectivity index (χ4n) is 2.14. The highest BCUT2D eigenvalue weighted by Crippen LogP contribution is 2.30. The quantitative estimate of drug-likeness (QED) is 0.744. The molecule has 0 saturated heterocycles. The van der Waals surface area contributed by atoms with E-state index in [1.807, 2.05) is 13.8 Å². The minimum atomic E-state index is -0.845. The maximum Gasteiger partial charge on any atom is 0.305 e. The zero-order valence-corrected chi connectivity index (χ0v) is 10.8. The minimum absolute atomic E-state index is 0.0351. The molecule has 17 heavy (non-hydrogen) atoms. The van der Waals surface area contributed by atoms with Crippen molar-refractivity contribution in [3.05, 3.63) is 0 Å². The summed E-state index contributed by atoms with van der Waals surface area (Å²) in [6.07, 6.45) is 5.38. The Bertz CT molecular complexity index is 272. The van der Waals surface area contributed by atoms with E-state index in [1.54, 1.807) is 4.90 Å². The predicted molar refractivity (Wildman–Crippen MR) is 65.7 cm³/mol. The van der Waals surface area contributed by atoms with Gasteiger partial charge in [0, 0.05) is 19.0 Å². The molecule has 1 rings (SSSR count). The van der Waals surface area contributed by atoms with Crippen LogP contribution < -0.4 is 0 Å². The van der Waals surface area contributed by atoms with E-state index < -0.39 is 5.97 Å². The molecule has 1 N–H and O–H groups in total. The van der Waals surface area contributed by atoms with Crippen LogP contribution in [0.1, 0.15) is 52.4 Å². The first-order valence-electron chi connectivity index (χ1n) is 6.52. The summed E-state index contributed by atoms with van der Waals surface area (Å²) in [6, 6.07) is 0.0863. The molecule has 0 aromatic rings. The number of hydrogen-bond donors (Lipinski definition) is 1. The lowest BCUT2D eigenvalue weighted by atomic mass is 9.82. The van der Waals surface area contributed by atoms with Gasteiger partial charge in [-0.25, -0.2) is 0 Å². The van der Waals surface area contributed by atoms with E-state index in [0.717, 1.165) is 12.3 Å². The van der Waals surface area contributed by atoms with Crippen LogP contribution in [0.4, 0.5) is 0 Å². The van der Waals surface area contributed by atoms with Gasteiger partial charge in [0.15, 0.2) is 0 Å². The molecule has 0 unspecified atom stereocenters. The zero-order chi connectivity index (χ0) is 12.8. The second-order valence-electron chi connectivity index (χ2n) is 5.16. The summed E-state index contributed by atoms with van der Waals surface area (Å²) >= 11 is 0. The summed E-state index contributed by atoms with van der Waals surface area (Å²) < 4.78 is 0. The Hall–Kier alpha value is -1.06. The molecule has 1 amide bonds. The van der Waals surface area contributed by atoms with Gasteiger partial charge in [0.05, 0.1) is 6.42 Å². The van der Waals surface area contributed by atoms with Gasteiger partial charge in [0.1, 0.15) is 0 Å². The van der Waals surface area contributed by atoms with Crippen molar-refractivity contribution in [3.63, 3.8) is 0 Å². The van der Waals surface area contributed by atoms with Crippen LogP contribution in [0.3, 0.4) is 0 Å². The molecule has 0 heterocycles. The molecule has 1 saturated carbocycles. The Labute approximate surface area is 103 Å². The maximum atomic E-state index is 12.0. The van der Waals surface area contributed by atoms with E-state index in [2.05, 4.69) is 0 Å². The van der Waals surface area contributed by atoms with Gasteiger partial charge in [0.25, 0.3) is 0 Å². The van der Waals surface area contributed by atoms with Crippen molar-refractivity contribution < 1.29 is 14.7 Å². The van der Waals surface area contributed by atoms with Gasteiger partial charge in [0.2, 0.25) is 5.91 Å². The van der Waals surface area contributed by atoms with Crippen LogP contribution in [-0.4, -0.2) is 34.5 Å². The molecular weight excluding hydrogens is 218 g/mol. The van der Waals surface area contributed by atoms with Gasteiger partial charge < -0.3 is 10.0 Å². The zero-order valence-electron chi connectivity index (χ0n) is 10.8. The van der Waals surface area contributed by atoms with E-state index in [9.17, 15) is 9.59 Å². The molecule has 0 aromatic carbocycles. The Morgan fingerprint density at radius 1 is 1.29 bits per heavy atom. The normalized spacial score (nSPS) is 15.7. The molecule has 98 valence electrons. The predicted octanol–water partition coefficient (Wildman–Crippen LogP) is 2.28. The van der Waals surface area contributed by atoms with Crippen LogP contribution in [0.15, 0.2) is 0 Å². The third-order valence-corrected chi connectivity index (χ3v) is 3.50. The summed E-state index contributed by atoms with van der Waals surface area (Å²) in [6.45, 7) is 4.20. The molecule has 0 spiro atoms. The van der Waals surface area contributed by atoms with E-state index in [0.29, 0.717) is 13.0 Å². The summed E-state index contributed by atoms with van der Waals surface area (Å²) in [7, 11) is 0. The van der Waals surface area contributed by atoms with E-state index in [1.165, 1.54) is 19.3 Å². The SMILES string of the molecule is CC(C)N(CCC(=O)O)C(=O)CCC1CCC1. The standard InChI is InChI=1S/C13H23NO3/c1-10(2)14(9-8-13(16)17)12(15)7-6-11-4-3-5-11/h10-11H,3-9H2,1-2H3,(H,16,17). The highest BCUT2D eigenvalue weighted by Gasteiger charge is 2.22. The van der Waals surface area contributed by atoms with Crippen molar-refractivity contribution in [3.8, 4) is 0 Å². The number of carboxylic acid groups (broad SMARTS) is 1. The van der Waals surface area contributed by atoms with Gasteiger partial charge in [-0.1, -0.05) is 19.3 Å². The number of carbonyl (C=O) groups is 2. The second-order valence-corrected chi connectivity index (χ2v) is 5.16. The Morgan fingerprint density at radius 2 is 1.94 bits per heavy atom. The molecule has 1 aliphatic rings. The number of rotatable bonds is 7. The first-order valence-corrected chi connectivity index (χ1v) is 6.52. The first-order chi connectivity index (χ1) is 8.00. The molecule has 0 aromatic heterocycles. The Balaban J connectivity index is 2.33. The number of aliphatic carboxylic acids is 1. The van der Waals surface area contributed by atoms with E-state index in [-0.39, 0.29) is 18.4 Å². The molecule has 0 bridgehead atoms. The Kier molecular flexibility index (Phi) is 5.45. The molecule has 0 atom stereocenters. The van der Waals surface area contributed by atoms with Crippen molar-refractivity contribution >= 4 is 11.9 Å². The smallest absolute Gasteiger partial charge is 0.305 e. The van der Waals surface area contributed by atoms with Crippen LogP contribution >= 0.6 is 0 Å². The van der Waals surface area contributed by atoms with Crippen molar-refractivity contribution in [2.24, 2.45) is 5.92 Å². The number of nitrogens with zero attached hydrogens (tertiary/aromatic N) is 1. The summed E-state index contributed by atoms with van der Waals surface area (Å²) in [4.78, 5) is 24.2. The highest BCUT2D eigenvalue weighted by atomic mass is 16.4. The van der Waals surface area contributed by atoms with Crippen molar-refractivity contribution in [1.29, 1.82) is 0 Å². The van der Waals surface area contributed by atoms with Gasteiger partial charge in [-0.3, -0.25) is 9.59 Å². The van der Waals surface area contributed by atoms with Crippen LogP contribution in [-0.2, 0) is 9.59 Å². The number of amides is 1. The number of hydrogen-bond acceptors (Lipinski definition) is 2. The van der Waals surface area contributed by atoms with E-state index >= 15 is 0 Å². The largest absolute Gasteiger partial charge is 0.481 e. The third-order valence-electron chi connectivity index (χ3n) is 3.50. The van der Waals surface area contributed by atoms with Crippen LogP contribution in [0.2, 0.25) is 0 Å². The molecule has 0 aliphatic heterocycles. The Morgan fingerprint density at radius 3 is 2.35 bits per heavy atom. The maximum absolute atomic E-state index is 12.0. The fourth-order valence-corrected chi connectivity index (χ4v) is 2.14. The van der Waals surface area contributed by atoms with Gasteiger partial charge in [-0.05, 0) is 26.2 Å². The van der Waals surface area contributed by atoms with Crippen LogP contribution in [0.25, 0.3) is 0 Å². The third kappa shape index (κ3) is 4.75. The van der Waals surface area contributed by atoms with Crippen LogP contribution in [0.5, 0.6) is 0 Å². The molecule has 0 radical (unpaired) electrons. The molecule has 1 aliphatic carbocycles. The minimum Gasteiger partial charge on any atom is -0.481 e. The van der Waals surface area contributed by atoms with Crippen molar-refractivity contribution in [2.75, 3.05) is 6.54 Å². The monoisotopic (exact) mass is 241 g/mol. The average Bonchev–Trinajstić information content (AvgIpc) is 2.14. The van der Waals surface area contributed by atoms with Crippen molar-refractivity contribution in [1.82, 2.24) is 4.90 Å². The molecule has 1 fully saturated rings. The van der Waals surface area contributed by atoms with Gasteiger partial charge >= 0.3 is 5.97 Å². The van der Waals surface area contributed by atoms with E-state index in [4.69, 9.17) is 5.11 Å². The number of carbonyl (C=O) groups excluding carboxylic acids is 1. The fraction of sp³-hybridized carbons (Fsp3) is 0.846. The average molecular weight is 241 g/mol. The summed E-state index contributed by atoms with van der Waals surface area (Å²) in [5.41, 5.74) is 0. The number of carboxylic acids is 1. The summed E-state index contributed by atoms with van der Waals surface area (Å²) in [5.74, 6) is -0.0111. The molecule has 4 heteroatoms. The lowest BCUT2D eigenvalue weighted by molar-refractivity contribution is -0.139. The molecular formula is C13H23NO3. The molecule has 4 nitrogen and oxygen atoms in total. The summed E-state index contributed by atoms with van der Waals surface area (Å²) in [5, 5.41) is 8.65. The topological polar surface area (TPSA) is 57.6 Å². The van der Waals surface area contributed by atoms with Gasteiger partial charge in [-0.15, -0.1) is 0 Å².